The summed E-state index contributed by atoms with van der Waals surface area (Å²) in [4.78, 5) is 0. The molecule has 2 N–H and O–H groups in total. The van der Waals surface area contributed by atoms with Crippen LogP contribution in [0.2, 0.25) is 0 Å². The van der Waals surface area contributed by atoms with Crippen molar-refractivity contribution in [2.45, 2.75) is 53.0 Å². The highest BCUT2D eigenvalue weighted by Gasteiger charge is 2.21. The SMILES string of the molecule is CCCCc1ccc(C(N)C(C)(C)C)cc1. The molecule has 0 spiro atoms. The number of aryl methyl sites for hydroxylation is 1. The first-order valence-corrected chi connectivity index (χ1v) is 6.29. The fraction of sp³-hybridized carbons (Fsp3) is 0.600. The first kappa shape index (κ1) is 13.2. The lowest BCUT2D eigenvalue weighted by molar-refractivity contribution is 0.327. The van der Waals surface area contributed by atoms with Crippen LogP contribution in [-0.4, -0.2) is 0 Å². The van der Waals surface area contributed by atoms with Gasteiger partial charge in [-0.3, -0.25) is 0 Å². The van der Waals surface area contributed by atoms with E-state index in [1.807, 2.05) is 0 Å². The van der Waals surface area contributed by atoms with Crippen molar-refractivity contribution < 1.29 is 0 Å². The van der Waals surface area contributed by atoms with Crippen molar-refractivity contribution in [1.29, 1.82) is 0 Å². The third kappa shape index (κ3) is 3.64. The Labute approximate surface area is 100 Å². The molecule has 0 saturated heterocycles. The zero-order valence-corrected chi connectivity index (χ0v) is 11.1. The van der Waals surface area contributed by atoms with Gasteiger partial charge < -0.3 is 5.73 Å². The van der Waals surface area contributed by atoms with Gasteiger partial charge in [0.1, 0.15) is 0 Å². The maximum Gasteiger partial charge on any atom is 0.0344 e. The Morgan fingerprint density at radius 2 is 1.69 bits per heavy atom. The minimum absolute atomic E-state index is 0.118. The molecule has 1 nitrogen and oxygen atoms in total. The Morgan fingerprint density at radius 1 is 1.12 bits per heavy atom. The number of unbranched alkanes of at least 4 members (excludes halogenated alkanes) is 1. The third-order valence-corrected chi connectivity index (χ3v) is 3.09. The monoisotopic (exact) mass is 219 g/mol. The van der Waals surface area contributed by atoms with Crippen LogP contribution in [0.1, 0.15) is 57.7 Å². The first-order chi connectivity index (χ1) is 7.45. The van der Waals surface area contributed by atoms with Gasteiger partial charge in [-0.25, -0.2) is 0 Å². The van der Waals surface area contributed by atoms with Gasteiger partial charge in [0.2, 0.25) is 0 Å². The van der Waals surface area contributed by atoms with E-state index in [-0.39, 0.29) is 11.5 Å². The van der Waals surface area contributed by atoms with Gasteiger partial charge >= 0.3 is 0 Å². The highest BCUT2D eigenvalue weighted by molar-refractivity contribution is 5.26. The normalized spacial score (nSPS) is 13.8. The van der Waals surface area contributed by atoms with Crippen LogP contribution >= 0.6 is 0 Å². The van der Waals surface area contributed by atoms with E-state index >= 15 is 0 Å². The number of hydrogen-bond acceptors (Lipinski definition) is 1. The molecule has 1 rings (SSSR count). The summed E-state index contributed by atoms with van der Waals surface area (Å²) >= 11 is 0. The molecule has 0 aliphatic heterocycles. The van der Waals surface area contributed by atoms with Crippen LogP contribution in [0, 0.1) is 5.41 Å². The summed E-state index contributed by atoms with van der Waals surface area (Å²) in [6, 6.07) is 8.92. The molecule has 0 aromatic heterocycles. The Balaban J connectivity index is 2.71. The second-order valence-corrected chi connectivity index (χ2v) is 5.69. The van der Waals surface area contributed by atoms with E-state index in [1.54, 1.807) is 0 Å². The number of nitrogens with two attached hydrogens (primary N) is 1. The smallest absolute Gasteiger partial charge is 0.0344 e. The zero-order chi connectivity index (χ0) is 12.2. The standard InChI is InChI=1S/C15H25N/c1-5-6-7-12-8-10-13(11-9-12)14(16)15(2,3)4/h8-11,14H,5-7,16H2,1-4H3. The van der Waals surface area contributed by atoms with Gasteiger partial charge in [-0.1, -0.05) is 58.4 Å². The molecule has 1 heteroatoms. The first-order valence-electron chi connectivity index (χ1n) is 6.29. The predicted molar refractivity (Wildman–Crippen MR) is 71.4 cm³/mol. The molecule has 0 fully saturated rings. The van der Waals surface area contributed by atoms with Crippen molar-refractivity contribution in [3.05, 3.63) is 35.4 Å². The maximum absolute atomic E-state index is 6.22. The Kier molecular flexibility index (Phi) is 4.55. The van der Waals surface area contributed by atoms with E-state index in [2.05, 4.69) is 52.0 Å². The van der Waals surface area contributed by atoms with Gasteiger partial charge in [-0.15, -0.1) is 0 Å². The molecule has 0 aliphatic carbocycles. The van der Waals surface area contributed by atoms with Crippen LogP contribution < -0.4 is 5.73 Å². The average molecular weight is 219 g/mol. The van der Waals surface area contributed by atoms with Crippen molar-refractivity contribution in [3.63, 3.8) is 0 Å². The van der Waals surface area contributed by atoms with Crippen LogP contribution in [0.3, 0.4) is 0 Å². The lowest BCUT2D eigenvalue weighted by atomic mass is 9.83. The lowest BCUT2D eigenvalue weighted by Gasteiger charge is -2.27. The summed E-state index contributed by atoms with van der Waals surface area (Å²) in [7, 11) is 0. The molecule has 0 heterocycles. The molecule has 0 amide bonds. The van der Waals surface area contributed by atoms with Gasteiger partial charge in [-0.05, 0) is 29.4 Å². The molecule has 0 radical (unpaired) electrons. The summed E-state index contributed by atoms with van der Waals surface area (Å²) in [5, 5.41) is 0. The largest absolute Gasteiger partial charge is 0.324 e. The summed E-state index contributed by atoms with van der Waals surface area (Å²) < 4.78 is 0. The van der Waals surface area contributed by atoms with Gasteiger partial charge in [0, 0.05) is 6.04 Å². The molecule has 0 saturated carbocycles. The van der Waals surface area contributed by atoms with Crippen molar-refractivity contribution in [2.75, 3.05) is 0 Å². The quantitative estimate of drug-likeness (QED) is 0.811. The average Bonchev–Trinajstić information content (AvgIpc) is 2.25. The Bertz CT molecular complexity index is 305. The highest BCUT2D eigenvalue weighted by atomic mass is 14.7. The third-order valence-electron chi connectivity index (χ3n) is 3.09. The number of hydrogen-bond donors (Lipinski definition) is 1. The van der Waals surface area contributed by atoms with Crippen molar-refractivity contribution in [3.8, 4) is 0 Å². The molecular weight excluding hydrogens is 194 g/mol. The van der Waals surface area contributed by atoms with E-state index in [9.17, 15) is 0 Å². The second-order valence-electron chi connectivity index (χ2n) is 5.69. The maximum atomic E-state index is 6.22. The fourth-order valence-corrected chi connectivity index (χ4v) is 1.77. The van der Waals surface area contributed by atoms with Crippen LogP contribution in [0.4, 0.5) is 0 Å². The van der Waals surface area contributed by atoms with E-state index in [1.165, 1.54) is 30.4 Å². The highest BCUT2D eigenvalue weighted by Crippen LogP contribution is 2.30. The van der Waals surface area contributed by atoms with Crippen LogP contribution in [0.25, 0.3) is 0 Å². The van der Waals surface area contributed by atoms with E-state index in [0.29, 0.717) is 0 Å². The molecule has 90 valence electrons. The molecule has 16 heavy (non-hydrogen) atoms. The summed E-state index contributed by atoms with van der Waals surface area (Å²) in [6.45, 7) is 8.78. The molecule has 1 atom stereocenters. The number of benzene rings is 1. The van der Waals surface area contributed by atoms with Gasteiger partial charge in [-0.2, -0.15) is 0 Å². The summed E-state index contributed by atoms with van der Waals surface area (Å²) in [5.74, 6) is 0. The minimum atomic E-state index is 0.118. The van der Waals surface area contributed by atoms with Crippen LogP contribution in [0.15, 0.2) is 24.3 Å². The Morgan fingerprint density at radius 3 is 2.12 bits per heavy atom. The molecule has 1 aromatic rings. The molecule has 1 aromatic carbocycles. The fourth-order valence-electron chi connectivity index (χ4n) is 1.77. The van der Waals surface area contributed by atoms with E-state index in [4.69, 9.17) is 5.73 Å². The van der Waals surface area contributed by atoms with Gasteiger partial charge in [0.15, 0.2) is 0 Å². The molecule has 1 unspecified atom stereocenters. The summed E-state index contributed by atoms with van der Waals surface area (Å²) in [5.41, 5.74) is 9.02. The second kappa shape index (κ2) is 5.49. The number of rotatable bonds is 4. The molecular formula is C15H25N. The van der Waals surface area contributed by atoms with Crippen molar-refractivity contribution in [1.82, 2.24) is 0 Å². The topological polar surface area (TPSA) is 26.0 Å². The van der Waals surface area contributed by atoms with Crippen LogP contribution in [-0.2, 0) is 6.42 Å². The minimum Gasteiger partial charge on any atom is -0.324 e. The van der Waals surface area contributed by atoms with Crippen molar-refractivity contribution in [2.24, 2.45) is 11.1 Å². The zero-order valence-electron chi connectivity index (χ0n) is 11.1. The predicted octanol–water partition coefficient (Wildman–Crippen LogP) is 4.08. The van der Waals surface area contributed by atoms with E-state index < -0.39 is 0 Å². The van der Waals surface area contributed by atoms with Gasteiger partial charge in [0.05, 0.1) is 0 Å². The summed E-state index contributed by atoms with van der Waals surface area (Å²) in [6.07, 6.45) is 3.70. The van der Waals surface area contributed by atoms with Crippen LogP contribution in [0.5, 0.6) is 0 Å². The van der Waals surface area contributed by atoms with E-state index in [0.717, 1.165) is 0 Å². The lowest BCUT2D eigenvalue weighted by Crippen LogP contribution is -2.26. The Hall–Kier alpha value is -0.820. The van der Waals surface area contributed by atoms with Gasteiger partial charge in [0.25, 0.3) is 0 Å². The molecule has 0 bridgehead atoms. The van der Waals surface area contributed by atoms with Crippen molar-refractivity contribution >= 4 is 0 Å². The molecule has 0 aliphatic rings.